The number of amidine groups is 1. The lowest BCUT2D eigenvalue weighted by Crippen LogP contribution is -2.30. The van der Waals surface area contributed by atoms with Crippen molar-refractivity contribution in [2.45, 2.75) is 46.6 Å². The zero-order valence-corrected chi connectivity index (χ0v) is 10.8. The fourth-order valence-corrected chi connectivity index (χ4v) is 1.97. The summed E-state index contributed by atoms with van der Waals surface area (Å²) in [6.45, 7) is 14.0. The lowest BCUT2D eigenvalue weighted by Gasteiger charge is -2.33. The first-order valence-corrected chi connectivity index (χ1v) is 5.16. The van der Waals surface area contributed by atoms with Crippen LogP contribution < -0.4 is 5.73 Å². The largest absolute Gasteiger partial charge is 0.501 e. The van der Waals surface area contributed by atoms with Gasteiger partial charge in [-0.05, 0) is 27.2 Å². The Balaban J connectivity index is 4.71. The van der Waals surface area contributed by atoms with Crippen molar-refractivity contribution >= 4 is 5.84 Å². The second kappa shape index (κ2) is 4.69. The molecule has 0 atom stereocenters. The van der Waals surface area contributed by atoms with Gasteiger partial charge in [-0.3, -0.25) is 4.99 Å². The Morgan fingerprint density at radius 3 is 2.13 bits per heavy atom. The van der Waals surface area contributed by atoms with Crippen LogP contribution in [0.2, 0.25) is 0 Å². The Hall–Kier alpha value is -0.990. The number of allylic oxidation sites excluding steroid dienone is 1. The third-order valence-corrected chi connectivity index (χ3v) is 2.35. The first-order valence-electron chi connectivity index (χ1n) is 5.16. The summed E-state index contributed by atoms with van der Waals surface area (Å²) in [7, 11) is 1.65. The number of nitrogens with two attached hydrogens (primary N) is 1. The number of nitrogens with zero attached hydrogens (tertiary/aromatic N) is 1. The van der Waals surface area contributed by atoms with Crippen molar-refractivity contribution in [1.82, 2.24) is 0 Å². The second-order valence-corrected chi connectivity index (χ2v) is 5.25. The van der Waals surface area contributed by atoms with Gasteiger partial charge < -0.3 is 10.5 Å². The van der Waals surface area contributed by atoms with E-state index in [1.54, 1.807) is 14.0 Å². The molecule has 88 valence electrons. The summed E-state index contributed by atoms with van der Waals surface area (Å²) in [4.78, 5) is 4.41. The topological polar surface area (TPSA) is 47.6 Å². The van der Waals surface area contributed by atoms with E-state index in [0.29, 0.717) is 5.84 Å². The third kappa shape index (κ3) is 4.86. The predicted molar refractivity (Wildman–Crippen MR) is 65.9 cm³/mol. The molecule has 15 heavy (non-hydrogen) atoms. The van der Waals surface area contributed by atoms with Crippen molar-refractivity contribution in [3.8, 4) is 0 Å². The minimum Gasteiger partial charge on any atom is -0.501 e. The van der Waals surface area contributed by atoms with Crippen molar-refractivity contribution in [3.05, 3.63) is 12.3 Å². The zero-order valence-electron chi connectivity index (χ0n) is 10.8. The van der Waals surface area contributed by atoms with Crippen LogP contribution >= 0.6 is 0 Å². The average Bonchev–Trinajstić information content (AvgIpc) is 1.97. The molecule has 0 aliphatic rings. The van der Waals surface area contributed by atoms with Crippen LogP contribution in [0, 0.1) is 5.41 Å². The van der Waals surface area contributed by atoms with Gasteiger partial charge in [-0.1, -0.05) is 20.4 Å². The number of hydrogen-bond acceptors (Lipinski definition) is 2. The molecule has 0 radical (unpaired) electrons. The zero-order chi connectivity index (χ0) is 12.3. The van der Waals surface area contributed by atoms with E-state index < -0.39 is 0 Å². The van der Waals surface area contributed by atoms with Gasteiger partial charge in [-0.15, -0.1) is 0 Å². The highest BCUT2D eigenvalue weighted by atomic mass is 16.5. The Morgan fingerprint density at radius 2 is 1.80 bits per heavy atom. The molecule has 0 aliphatic carbocycles. The molecule has 0 aromatic carbocycles. The highest BCUT2D eigenvalue weighted by Gasteiger charge is 2.31. The predicted octanol–water partition coefficient (Wildman–Crippen LogP) is 2.72. The maximum atomic E-state index is 5.60. The Bertz CT molecular complexity index is 261. The van der Waals surface area contributed by atoms with Gasteiger partial charge in [0.05, 0.1) is 24.2 Å². The molecule has 0 aromatic heterocycles. The average molecular weight is 212 g/mol. The highest BCUT2D eigenvalue weighted by Crippen LogP contribution is 2.36. The summed E-state index contributed by atoms with van der Waals surface area (Å²) in [5.41, 5.74) is 5.31. The van der Waals surface area contributed by atoms with E-state index in [9.17, 15) is 0 Å². The number of hydrogen-bond donors (Lipinski definition) is 1. The third-order valence-electron chi connectivity index (χ3n) is 2.35. The van der Waals surface area contributed by atoms with Gasteiger partial charge in [-0.2, -0.15) is 0 Å². The summed E-state index contributed by atoms with van der Waals surface area (Å²) < 4.78 is 5.19. The Kier molecular flexibility index (Phi) is 4.38. The molecule has 0 spiro atoms. The van der Waals surface area contributed by atoms with E-state index >= 15 is 0 Å². The molecular formula is C12H24N2O. The van der Waals surface area contributed by atoms with E-state index in [1.807, 2.05) is 0 Å². The smallest absolute Gasteiger partial charge is 0.0940 e. The van der Waals surface area contributed by atoms with E-state index in [0.717, 1.165) is 12.2 Å². The van der Waals surface area contributed by atoms with Crippen molar-refractivity contribution in [2.24, 2.45) is 16.1 Å². The van der Waals surface area contributed by atoms with Crippen LogP contribution in [0.25, 0.3) is 0 Å². The van der Waals surface area contributed by atoms with Crippen LogP contribution in [-0.4, -0.2) is 18.5 Å². The first-order chi connectivity index (χ1) is 6.60. The van der Waals surface area contributed by atoms with Crippen molar-refractivity contribution in [3.63, 3.8) is 0 Å². The molecule has 0 saturated carbocycles. The van der Waals surface area contributed by atoms with Crippen molar-refractivity contribution in [2.75, 3.05) is 7.11 Å². The number of rotatable bonds is 5. The van der Waals surface area contributed by atoms with E-state index in [1.165, 1.54) is 0 Å². The molecule has 0 saturated heterocycles. The molecule has 3 nitrogen and oxygen atoms in total. The van der Waals surface area contributed by atoms with Crippen LogP contribution in [0.5, 0.6) is 0 Å². The van der Waals surface area contributed by atoms with Gasteiger partial charge in [-0.25, -0.2) is 0 Å². The molecule has 0 unspecified atom stereocenters. The normalized spacial score (nSPS) is 13.9. The van der Waals surface area contributed by atoms with Gasteiger partial charge in [0.1, 0.15) is 0 Å². The standard InChI is InChI=1S/C12H24N2O/c1-9(15-7)11(3,4)8-12(5,6)14-10(2)13/h1,8H2,2-7H3,(H2,13,14). The fourth-order valence-electron chi connectivity index (χ4n) is 1.97. The van der Waals surface area contributed by atoms with E-state index in [-0.39, 0.29) is 11.0 Å². The Labute approximate surface area is 93.4 Å². The molecule has 0 aromatic rings. The molecular weight excluding hydrogens is 188 g/mol. The summed E-state index contributed by atoms with van der Waals surface area (Å²) in [5, 5.41) is 0. The summed E-state index contributed by atoms with van der Waals surface area (Å²) >= 11 is 0. The van der Waals surface area contributed by atoms with E-state index in [2.05, 4.69) is 39.3 Å². The first kappa shape index (κ1) is 14.0. The number of ether oxygens (including phenoxy) is 1. The fraction of sp³-hybridized carbons (Fsp3) is 0.750. The second-order valence-electron chi connectivity index (χ2n) is 5.25. The van der Waals surface area contributed by atoms with Gasteiger partial charge in [0.15, 0.2) is 0 Å². The Morgan fingerprint density at radius 1 is 1.33 bits per heavy atom. The van der Waals surface area contributed by atoms with Crippen LogP contribution in [0.4, 0.5) is 0 Å². The van der Waals surface area contributed by atoms with E-state index in [4.69, 9.17) is 10.5 Å². The summed E-state index contributed by atoms with van der Waals surface area (Å²) in [6.07, 6.45) is 0.848. The van der Waals surface area contributed by atoms with Crippen LogP contribution in [0.15, 0.2) is 17.3 Å². The monoisotopic (exact) mass is 212 g/mol. The summed E-state index contributed by atoms with van der Waals surface area (Å²) in [5.74, 6) is 1.39. The van der Waals surface area contributed by atoms with Gasteiger partial charge in [0, 0.05) is 5.41 Å². The van der Waals surface area contributed by atoms with Crippen molar-refractivity contribution in [1.29, 1.82) is 0 Å². The van der Waals surface area contributed by atoms with Gasteiger partial charge in [0.25, 0.3) is 0 Å². The quantitative estimate of drug-likeness (QED) is 0.433. The highest BCUT2D eigenvalue weighted by molar-refractivity contribution is 5.77. The molecule has 0 fully saturated rings. The van der Waals surface area contributed by atoms with Crippen LogP contribution in [0.1, 0.15) is 41.0 Å². The lowest BCUT2D eigenvalue weighted by molar-refractivity contribution is 0.167. The van der Waals surface area contributed by atoms with Crippen molar-refractivity contribution < 1.29 is 4.74 Å². The minimum absolute atomic E-state index is 0.1000. The molecule has 0 bridgehead atoms. The molecule has 3 heteroatoms. The molecule has 0 rings (SSSR count). The van der Waals surface area contributed by atoms with Gasteiger partial charge >= 0.3 is 0 Å². The maximum Gasteiger partial charge on any atom is 0.0940 e. The molecule has 0 amide bonds. The summed E-state index contributed by atoms with van der Waals surface area (Å²) in [6, 6.07) is 0. The molecule has 0 heterocycles. The van der Waals surface area contributed by atoms with Crippen LogP contribution in [-0.2, 0) is 4.74 Å². The van der Waals surface area contributed by atoms with Gasteiger partial charge in [0.2, 0.25) is 0 Å². The lowest BCUT2D eigenvalue weighted by atomic mass is 9.79. The minimum atomic E-state index is -0.191. The number of aliphatic imine (C=N–C) groups is 1. The maximum absolute atomic E-state index is 5.60. The molecule has 0 aliphatic heterocycles. The number of methoxy groups -OCH3 is 1. The van der Waals surface area contributed by atoms with Crippen LogP contribution in [0.3, 0.4) is 0 Å². The SMILES string of the molecule is C=C(OC)C(C)(C)CC(C)(C)N=C(C)N. The molecule has 2 N–H and O–H groups in total.